The number of thioether (sulfide) groups is 4. The summed E-state index contributed by atoms with van der Waals surface area (Å²) in [5.41, 5.74) is 1.04. The number of aromatic nitrogens is 1. The molecule has 106 valence electrons. The second kappa shape index (κ2) is 11.6. The first-order valence-corrected chi connectivity index (χ1v) is 10.1. The molecule has 0 saturated carbocycles. The molecule has 4 nitrogen and oxygen atoms in total. The summed E-state index contributed by atoms with van der Waals surface area (Å²) < 4.78 is 2.24. The predicted molar refractivity (Wildman–Crippen MR) is 94.8 cm³/mol. The normalized spacial score (nSPS) is 9.00. The van der Waals surface area contributed by atoms with E-state index in [1.165, 1.54) is 16.5 Å². The first-order valence-electron chi connectivity index (χ1n) is 5.32. The van der Waals surface area contributed by atoms with Crippen LogP contribution in [0.1, 0.15) is 0 Å². The number of benzene rings is 1. The Bertz CT molecular complexity index is 632. The van der Waals surface area contributed by atoms with E-state index >= 15 is 0 Å². The fourth-order valence-corrected chi connectivity index (χ4v) is 4.41. The molecule has 0 spiro atoms. The topological polar surface area (TPSA) is 84.3 Å². The van der Waals surface area contributed by atoms with Crippen LogP contribution < -0.4 is 0 Å². The number of nitrogens with zero attached hydrogens (tertiary/aromatic N) is 4. The van der Waals surface area contributed by atoms with Crippen molar-refractivity contribution in [3.8, 4) is 16.2 Å². The lowest BCUT2D eigenvalue weighted by molar-refractivity contribution is 1.31. The Labute approximate surface area is 143 Å². The van der Waals surface area contributed by atoms with Gasteiger partial charge in [0.2, 0.25) is 0 Å². The highest BCUT2D eigenvalue weighted by atomic mass is 32.2. The van der Waals surface area contributed by atoms with Crippen LogP contribution in [0.4, 0.5) is 0 Å². The summed E-state index contributed by atoms with van der Waals surface area (Å²) in [6.07, 6.45) is 0. The minimum absolute atomic E-state index is 0.549. The van der Waals surface area contributed by atoms with E-state index in [0.29, 0.717) is 5.08 Å². The third-order valence-electron chi connectivity index (χ3n) is 1.83. The van der Waals surface area contributed by atoms with Crippen molar-refractivity contribution in [1.82, 2.24) is 4.98 Å². The Morgan fingerprint density at radius 1 is 0.952 bits per heavy atom. The van der Waals surface area contributed by atoms with Gasteiger partial charge in [0.25, 0.3) is 0 Å². The molecule has 0 bridgehead atoms. The monoisotopic (exact) mass is 368 g/mol. The lowest BCUT2D eigenvalue weighted by atomic mass is 10.3. The van der Waals surface area contributed by atoms with Crippen molar-refractivity contribution < 1.29 is 0 Å². The summed E-state index contributed by atoms with van der Waals surface area (Å²) >= 11 is 6.70. The third-order valence-corrected chi connectivity index (χ3v) is 5.87. The molecule has 0 saturated heterocycles. The maximum atomic E-state index is 8.37. The number of hydrogen-bond donors (Lipinski definition) is 0. The van der Waals surface area contributed by atoms with Gasteiger partial charge in [0.15, 0.2) is 4.34 Å². The van der Waals surface area contributed by atoms with Gasteiger partial charge in [-0.2, -0.15) is 15.8 Å². The van der Waals surface area contributed by atoms with Gasteiger partial charge < -0.3 is 0 Å². The second-order valence-electron chi connectivity index (χ2n) is 3.03. The second-order valence-corrected chi connectivity index (χ2v) is 8.30. The highest BCUT2D eigenvalue weighted by Crippen LogP contribution is 2.30. The lowest BCUT2D eigenvalue weighted by Crippen LogP contribution is -1.69. The molecule has 1 aromatic carbocycles. The van der Waals surface area contributed by atoms with Gasteiger partial charge in [-0.25, -0.2) is 4.98 Å². The Morgan fingerprint density at radius 3 is 2.19 bits per heavy atom. The number of thiazole rings is 1. The van der Waals surface area contributed by atoms with Crippen LogP contribution in [-0.2, 0) is 0 Å². The zero-order chi connectivity index (χ0) is 15.3. The van der Waals surface area contributed by atoms with Crippen LogP contribution in [0.5, 0.6) is 0 Å². The summed E-state index contributed by atoms with van der Waals surface area (Å²) in [5.74, 6) is 0. The molecule has 0 aliphatic heterocycles. The summed E-state index contributed by atoms with van der Waals surface area (Å²) in [5, 5.41) is 31.2. The average molecular weight is 369 g/mol. The first kappa shape index (κ1) is 18.0. The van der Waals surface area contributed by atoms with Gasteiger partial charge >= 0.3 is 0 Å². The molecular weight excluding hydrogens is 360 g/mol. The third kappa shape index (κ3) is 7.52. The highest BCUT2D eigenvalue weighted by molar-refractivity contribution is 8.20. The molecule has 0 aliphatic carbocycles. The van der Waals surface area contributed by atoms with Crippen molar-refractivity contribution in [2.45, 2.75) is 4.34 Å². The summed E-state index contributed by atoms with van der Waals surface area (Å²) in [6, 6.07) is 8.07. The van der Waals surface area contributed by atoms with Gasteiger partial charge in [-0.1, -0.05) is 23.9 Å². The minimum atomic E-state index is 0.549. The molecule has 21 heavy (non-hydrogen) atoms. The van der Waals surface area contributed by atoms with E-state index < -0.39 is 0 Å². The van der Waals surface area contributed by atoms with E-state index in [9.17, 15) is 0 Å². The van der Waals surface area contributed by atoms with E-state index in [1.807, 2.05) is 34.4 Å². The van der Waals surface area contributed by atoms with Crippen LogP contribution in [0.15, 0.2) is 28.6 Å². The summed E-state index contributed by atoms with van der Waals surface area (Å²) in [4.78, 5) is 4.44. The van der Waals surface area contributed by atoms with Crippen molar-refractivity contribution in [3.05, 3.63) is 24.3 Å². The first-order chi connectivity index (χ1) is 10.3. The number of rotatable bonds is 5. The quantitative estimate of drug-likeness (QED) is 0.318. The fourth-order valence-electron chi connectivity index (χ4n) is 1.10. The molecule has 1 aromatic heterocycles. The van der Waals surface area contributed by atoms with Gasteiger partial charge in [0.05, 0.1) is 20.4 Å². The number of fused-ring (bicyclic) bond motifs is 1. The molecule has 2 rings (SSSR count). The molecule has 1 heterocycles. The van der Waals surface area contributed by atoms with E-state index in [4.69, 9.17) is 15.8 Å². The maximum Gasteiger partial charge on any atom is 0.151 e. The molecule has 0 N–H and O–H groups in total. The number of hydrogen-bond acceptors (Lipinski definition) is 9. The SMILES string of the molecule is N#CSCSC#N.N#CSCSc1nc2ccccc2s1. The number of nitriles is 3. The van der Waals surface area contributed by atoms with Gasteiger partial charge in [0.1, 0.15) is 16.2 Å². The van der Waals surface area contributed by atoms with Crippen molar-refractivity contribution in [1.29, 1.82) is 15.8 Å². The van der Waals surface area contributed by atoms with E-state index in [2.05, 4.69) is 11.1 Å². The van der Waals surface area contributed by atoms with E-state index in [-0.39, 0.29) is 0 Å². The fraction of sp³-hybridized carbons (Fsp3) is 0.167. The highest BCUT2D eigenvalue weighted by Gasteiger charge is 2.02. The minimum Gasteiger partial charge on any atom is -0.230 e. The Balaban J connectivity index is 0.000000270. The van der Waals surface area contributed by atoms with Crippen LogP contribution in [0.25, 0.3) is 10.2 Å². The summed E-state index contributed by atoms with van der Waals surface area (Å²) in [6.45, 7) is 0. The zero-order valence-electron chi connectivity index (χ0n) is 10.6. The Hall–Kier alpha value is -1.02. The van der Waals surface area contributed by atoms with Gasteiger partial charge in [-0.3, -0.25) is 0 Å². The van der Waals surface area contributed by atoms with Gasteiger partial charge in [-0.15, -0.1) is 11.3 Å². The number of para-hydroxylation sites is 1. The van der Waals surface area contributed by atoms with Crippen LogP contribution in [-0.4, -0.2) is 15.2 Å². The van der Waals surface area contributed by atoms with Crippen LogP contribution >= 0.6 is 58.4 Å². The van der Waals surface area contributed by atoms with Crippen molar-refractivity contribution >= 4 is 68.6 Å². The molecule has 9 heteroatoms. The van der Waals surface area contributed by atoms with Crippen molar-refractivity contribution in [2.75, 3.05) is 10.2 Å². The van der Waals surface area contributed by atoms with E-state index in [1.54, 1.807) is 23.1 Å². The molecule has 0 fully saturated rings. The number of thiocyanates is 3. The van der Waals surface area contributed by atoms with Crippen LogP contribution in [0.2, 0.25) is 0 Å². The molecule has 0 unspecified atom stereocenters. The molecule has 0 amide bonds. The van der Waals surface area contributed by atoms with Gasteiger partial charge in [0, 0.05) is 0 Å². The Kier molecular flexibility index (Phi) is 9.98. The lowest BCUT2D eigenvalue weighted by Gasteiger charge is -1.87. The zero-order valence-corrected chi connectivity index (χ0v) is 14.6. The molecule has 0 atom stereocenters. The molecule has 2 aromatic rings. The van der Waals surface area contributed by atoms with E-state index in [0.717, 1.165) is 38.5 Å². The van der Waals surface area contributed by atoms with Crippen molar-refractivity contribution in [2.24, 2.45) is 0 Å². The molecular formula is C12H8N4S5. The molecule has 0 aliphatic rings. The van der Waals surface area contributed by atoms with Crippen LogP contribution in [0, 0.1) is 32.0 Å². The average Bonchev–Trinajstić information content (AvgIpc) is 2.91. The Morgan fingerprint density at radius 2 is 1.57 bits per heavy atom. The molecule has 0 radical (unpaired) electrons. The van der Waals surface area contributed by atoms with Crippen molar-refractivity contribution in [3.63, 3.8) is 0 Å². The standard InChI is InChI=1S/C9H6N2S3.C3H2N2S2/c10-5-12-6-13-9-11-7-3-1-2-4-8(7)14-9;4-1-6-3-7-2-5/h1-4H,6H2;3H2. The van der Waals surface area contributed by atoms with Crippen LogP contribution in [0.3, 0.4) is 0 Å². The smallest absolute Gasteiger partial charge is 0.151 e. The summed E-state index contributed by atoms with van der Waals surface area (Å²) in [7, 11) is 0. The largest absolute Gasteiger partial charge is 0.230 e. The maximum absolute atomic E-state index is 8.37. The predicted octanol–water partition coefficient (Wildman–Crippen LogP) is 4.93. The van der Waals surface area contributed by atoms with Gasteiger partial charge in [-0.05, 0) is 47.4 Å².